The predicted octanol–water partition coefficient (Wildman–Crippen LogP) is 4.25. The van der Waals surface area contributed by atoms with Crippen LogP contribution in [0.3, 0.4) is 0 Å². The first-order chi connectivity index (χ1) is 12.7. The molecule has 2 aliphatic heterocycles. The van der Waals surface area contributed by atoms with E-state index in [-0.39, 0.29) is 23.8 Å². The van der Waals surface area contributed by atoms with Crippen molar-refractivity contribution in [3.8, 4) is 11.4 Å². The molecule has 1 amide bonds. The number of rotatable bonds is 2. The number of nitrogens with zero attached hydrogens (tertiary/aromatic N) is 3. The Balaban J connectivity index is 1.50. The van der Waals surface area contributed by atoms with E-state index >= 15 is 0 Å². The molecule has 2 atom stereocenters. The summed E-state index contributed by atoms with van der Waals surface area (Å²) in [4.78, 5) is 25.0. The number of amides is 1. The molecule has 0 N–H and O–H groups in total. The van der Waals surface area contributed by atoms with Crippen LogP contribution < -0.4 is 0 Å². The van der Waals surface area contributed by atoms with Gasteiger partial charge in [-0.2, -0.15) is 0 Å². The van der Waals surface area contributed by atoms with Crippen molar-refractivity contribution in [3.63, 3.8) is 0 Å². The average Bonchev–Trinajstić information content (AvgIpc) is 3.29. The van der Waals surface area contributed by atoms with Gasteiger partial charge in [-0.15, -0.1) is 11.3 Å². The highest BCUT2D eigenvalue weighted by atomic mass is 32.1. The second-order valence-corrected chi connectivity index (χ2v) is 7.69. The van der Waals surface area contributed by atoms with Gasteiger partial charge in [0.05, 0.1) is 16.6 Å². The first-order valence-corrected chi connectivity index (χ1v) is 9.56. The number of benzene rings is 1. The number of halogens is 1. The summed E-state index contributed by atoms with van der Waals surface area (Å²) in [5.41, 5.74) is 2.87. The fourth-order valence-corrected chi connectivity index (χ4v) is 4.72. The van der Waals surface area contributed by atoms with Gasteiger partial charge in [-0.25, -0.2) is 14.4 Å². The van der Waals surface area contributed by atoms with Crippen molar-refractivity contribution in [3.05, 3.63) is 69.9 Å². The third-order valence-electron chi connectivity index (χ3n) is 5.26. The number of carbonyl (C=O) groups is 1. The third kappa shape index (κ3) is 2.44. The van der Waals surface area contributed by atoms with Crippen molar-refractivity contribution in [1.82, 2.24) is 14.9 Å². The van der Waals surface area contributed by atoms with E-state index in [9.17, 15) is 9.18 Å². The minimum atomic E-state index is -0.271. The minimum absolute atomic E-state index is 0.0561. The van der Waals surface area contributed by atoms with Gasteiger partial charge in [0.15, 0.2) is 5.82 Å². The number of hydrogen-bond donors (Lipinski definition) is 0. The second-order valence-electron chi connectivity index (χ2n) is 6.74. The molecule has 4 nitrogen and oxygen atoms in total. The van der Waals surface area contributed by atoms with Gasteiger partial charge in [0, 0.05) is 29.8 Å². The highest BCUT2D eigenvalue weighted by molar-refractivity contribution is 7.12. The van der Waals surface area contributed by atoms with Crippen molar-refractivity contribution < 1.29 is 9.18 Å². The summed E-state index contributed by atoms with van der Waals surface area (Å²) in [6, 6.07) is 10.3. The normalized spacial score (nSPS) is 20.9. The molecule has 130 valence electrons. The Bertz CT molecular complexity index is 971. The highest BCUT2D eigenvalue weighted by Gasteiger charge is 2.43. The van der Waals surface area contributed by atoms with Crippen molar-refractivity contribution in [2.24, 2.45) is 0 Å². The summed E-state index contributed by atoms with van der Waals surface area (Å²) < 4.78 is 13.1. The van der Waals surface area contributed by atoms with E-state index < -0.39 is 0 Å². The van der Waals surface area contributed by atoms with E-state index in [0.29, 0.717) is 5.82 Å². The van der Waals surface area contributed by atoms with Crippen LogP contribution in [0.5, 0.6) is 0 Å². The van der Waals surface area contributed by atoms with Crippen molar-refractivity contribution in [2.75, 3.05) is 0 Å². The maximum absolute atomic E-state index is 13.1. The molecule has 3 aromatic rings. The summed E-state index contributed by atoms with van der Waals surface area (Å²) >= 11 is 1.49. The van der Waals surface area contributed by atoms with Crippen LogP contribution in [0.2, 0.25) is 0 Å². The van der Waals surface area contributed by atoms with E-state index in [1.165, 1.54) is 23.5 Å². The van der Waals surface area contributed by atoms with Gasteiger partial charge in [0.25, 0.3) is 5.91 Å². The zero-order valence-electron chi connectivity index (χ0n) is 13.9. The average molecular weight is 365 g/mol. The van der Waals surface area contributed by atoms with Crippen LogP contribution in [0.1, 0.15) is 39.8 Å². The first-order valence-electron chi connectivity index (χ1n) is 8.68. The molecule has 2 bridgehead atoms. The smallest absolute Gasteiger partial charge is 0.264 e. The van der Waals surface area contributed by atoms with E-state index in [0.717, 1.165) is 41.0 Å². The van der Waals surface area contributed by atoms with Gasteiger partial charge >= 0.3 is 0 Å². The first kappa shape index (κ1) is 15.6. The van der Waals surface area contributed by atoms with Crippen LogP contribution >= 0.6 is 11.3 Å². The molecule has 6 heteroatoms. The summed E-state index contributed by atoms with van der Waals surface area (Å²) in [5.74, 6) is 0.453. The molecule has 0 aliphatic carbocycles. The molecule has 1 fully saturated rings. The monoisotopic (exact) mass is 365 g/mol. The fraction of sp³-hybridized carbons (Fsp3) is 0.250. The van der Waals surface area contributed by atoms with E-state index in [2.05, 4.69) is 4.98 Å². The van der Waals surface area contributed by atoms with Crippen LogP contribution in [0.15, 0.2) is 48.0 Å². The molecular weight excluding hydrogens is 349 g/mol. The van der Waals surface area contributed by atoms with Crippen LogP contribution in [0, 0.1) is 5.82 Å². The molecule has 0 spiro atoms. The predicted molar refractivity (Wildman–Crippen MR) is 97.4 cm³/mol. The SMILES string of the molecule is O=C(c1cccs1)N1[C@H]2CC[C@@H]1c1cnc(-c3ccc(F)cc3)nc1C2. The van der Waals surface area contributed by atoms with Gasteiger partial charge in [-0.1, -0.05) is 6.07 Å². The van der Waals surface area contributed by atoms with E-state index in [1.54, 1.807) is 12.1 Å². The molecule has 0 radical (unpaired) electrons. The number of hydrogen-bond acceptors (Lipinski definition) is 4. The Morgan fingerprint density at radius 1 is 1.19 bits per heavy atom. The topological polar surface area (TPSA) is 46.1 Å². The zero-order chi connectivity index (χ0) is 17.7. The number of thiophene rings is 1. The lowest BCUT2D eigenvalue weighted by Crippen LogP contribution is -2.42. The molecule has 2 aliphatic rings. The van der Waals surface area contributed by atoms with Crippen molar-refractivity contribution >= 4 is 17.2 Å². The van der Waals surface area contributed by atoms with Gasteiger partial charge < -0.3 is 4.90 Å². The molecule has 4 heterocycles. The van der Waals surface area contributed by atoms with Gasteiger partial charge in [0.2, 0.25) is 0 Å². The molecule has 5 rings (SSSR count). The lowest BCUT2D eigenvalue weighted by Gasteiger charge is -2.35. The third-order valence-corrected chi connectivity index (χ3v) is 6.12. The maximum atomic E-state index is 13.1. The van der Waals surface area contributed by atoms with E-state index in [4.69, 9.17) is 4.98 Å². The quantitative estimate of drug-likeness (QED) is 0.682. The van der Waals surface area contributed by atoms with Crippen LogP contribution in [-0.2, 0) is 6.42 Å². The summed E-state index contributed by atoms with van der Waals surface area (Å²) in [6.45, 7) is 0. The van der Waals surface area contributed by atoms with Gasteiger partial charge in [-0.3, -0.25) is 4.79 Å². The molecule has 26 heavy (non-hydrogen) atoms. The number of carbonyl (C=O) groups excluding carboxylic acids is 1. The summed E-state index contributed by atoms with van der Waals surface area (Å²) in [5, 5.41) is 1.94. The molecule has 0 saturated carbocycles. The minimum Gasteiger partial charge on any atom is -0.327 e. The van der Waals surface area contributed by atoms with Crippen LogP contribution in [-0.4, -0.2) is 26.8 Å². The highest BCUT2D eigenvalue weighted by Crippen LogP contribution is 2.44. The largest absolute Gasteiger partial charge is 0.327 e. The molecule has 1 saturated heterocycles. The Morgan fingerprint density at radius 2 is 2.04 bits per heavy atom. The van der Waals surface area contributed by atoms with E-state index in [1.807, 2.05) is 28.6 Å². The number of aromatic nitrogens is 2. The van der Waals surface area contributed by atoms with Gasteiger partial charge in [-0.05, 0) is 48.6 Å². The molecule has 2 aromatic heterocycles. The maximum Gasteiger partial charge on any atom is 0.264 e. The Hall–Kier alpha value is -2.60. The second kappa shape index (κ2) is 5.99. The standard InChI is InChI=1S/C20H16FN3OS/c21-13-5-3-12(4-6-13)19-22-11-15-16(23-19)10-14-7-8-17(15)24(14)20(25)18-2-1-9-26-18/h1-6,9,11,14,17H,7-8,10H2/t14-,17+/m0/s1. The fourth-order valence-electron chi connectivity index (χ4n) is 4.05. The van der Waals surface area contributed by atoms with Crippen molar-refractivity contribution in [1.29, 1.82) is 0 Å². The van der Waals surface area contributed by atoms with Crippen molar-refractivity contribution in [2.45, 2.75) is 31.3 Å². The lowest BCUT2D eigenvalue weighted by molar-refractivity contribution is 0.0649. The summed E-state index contributed by atoms with van der Waals surface area (Å²) in [7, 11) is 0. The number of fused-ring (bicyclic) bond motifs is 4. The Kier molecular flexibility index (Phi) is 3.60. The zero-order valence-corrected chi connectivity index (χ0v) is 14.7. The van der Waals surface area contributed by atoms with Gasteiger partial charge in [0.1, 0.15) is 5.82 Å². The molecule has 1 aromatic carbocycles. The summed E-state index contributed by atoms with van der Waals surface area (Å²) in [6.07, 6.45) is 4.54. The van der Waals surface area contributed by atoms with Crippen LogP contribution in [0.25, 0.3) is 11.4 Å². The lowest BCUT2D eigenvalue weighted by atomic mass is 9.98. The Labute approximate surface area is 154 Å². The molecule has 0 unspecified atom stereocenters. The van der Waals surface area contributed by atoms with Crippen LogP contribution in [0.4, 0.5) is 4.39 Å². The Morgan fingerprint density at radius 3 is 2.81 bits per heavy atom. The molecular formula is C20H16FN3OS.